The molecule has 0 saturated carbocycles. The van der Waals surface area contributed by atoms with Crippen LogP contribution in [0.2, 0.25) is 0 Å². The molecule has 2 aliphatic heterocycles. The molecule has 0 spiro atoms. The lowest BCUT2D eigenvalue weighted by Gasteiger charge is -2.29. The molecular formula is C21H28F3N5O4. The van der Waals surface area contributed by atoms with Gasteiger partial charge in [-0.25, -0.2) is 18.6 Å². The molecule has 3 amide bonds. The van der Waals surface area contributed by atoms with Gasteiger partial charge >= 0.3 is 6.09 Å². The Kier molecular flexibility index (Phi) is 8.01. The molecule has 2 heterocycles. The third-order valence-corrected chi connectivity index (χ3v) is 5.58. The summed E-state index contributed by atoms with van der Waals surface area (Å²) in [5.41, 5.74) is -0.230. The van der Waals surface area contributed by atoms with Crippen LogP contribution in [0.15, 0.2) is 12.1 Å². The van der Waals surface area contributed by atoms with Crippen molar-refractivity contribution in [3.05, 3.63) is 23.8 Å². The van der Waals surface area contributed by atoms with Gasteiger partial charge in [-0.3, -0.25) is 23.9 Å². The quantitative estimate of drug-likeness (QED) is 0.651. The van der Waals surface area contributed by atoms with Gasteiger partial charge in [0.15, 0.2) is 11.6 Å². The van der Waals surface area contributed by atoms with E-state index < -0.39 is 30.5 Å². The molecule has 33 heavy (non-hydrogen) atoms. The second kappa shape index (κ2) is 10.7. The van der Waals surface area contributed by atoms with Crippen LogP contribution in [0.4, 0.5) is 29.3 Å². The number of hydrogen-bond acceptors (Lipinski definition) is 6. The predicted octanol–water partition coefficient (Wildman–Crippen LogP) is 1.67. The van der Waals surface area contributed by atoms with Gasteiger partial charge in [0, 0.05) is 52.2 Å². The Balaban J connectivity index is 1.72. The maximum absolute atomic E-state index is 15.0. The van der Waals surface area contributed by atoms with Crippen molar-refractivity contribution in [3.63, 3.8) is 0 Å². The largest absolute Gasteiger partial charge is 0.442 e. The van der Waals surface area contributed by atoms with Crippen molar-refractivity contribution in [1.29, 1.82) is 0 Å². The summed E-state index contributed by atoms with van der Waals surface area (Å²) in [5.74, 6) is -2.21. The minimum absolute atomic E-state index is 0.0130. The number of cyclic esters (lactones) is 1. The van der Waals surface area contributed by atoms with Gasteiger partial charge in [0.1, 0.15) is 11.8 Å². The lowest BCUT2D eigenvalue weighted by atomic mass is 10.2. The standard InChI is InChI=1S/C21H28F3N5O4/c1-14(30)25-12-16-13-28(21(32)33-16)15-10-17(23)20(18(24)11-15)27-7-6-26(2)29(9-8-27)19(31)4-3-5-22/h10-11,16H,3-9,12-13H2,1-2H3,(H,25,30)/t16-/m0/s1. The molecule has 9 nitrogen and oxygen atoms in total. The summed E-state index contributed by atoms with van der Waals surface area (Å²) in [6, 6.07) is 2.14. The first-order valence-corrected chi connectivity index (χ1v) is 10.7. The zero-order chi connectivity index (χ0) is 24.1. The Labute approximate surface area is 190 Å². The van der Waals surface area contributed by atoms with E-state index in [1.165, 1.54) is 16.8 Å². The first-order valence-electron chi connectivity index (χ1n) is 10.7. The highest BCUT2D eigenvalue weighted by Crippen LogP contribution is 2.31. The molecule has 182 valence electrons. The number of alkyl halides is 1. The Morgan fingerprint density at radius 3 is 2.45 bits per heavy atom. The molecular weight excluding hydrogens is 443 g/mol. The predicted molar refractivity (Wildman–Crippen MR) is 114 cm³/mol. The molecule has 2 saturated heterocycles. The van der Waals surface area contributed by atoms with E-state index in [1.807, 2.05) is 0 Å². The van der Waals surface area contributed by atoms with E-state index in [9.17, 15) is 18.8 Å². The van der Waals surface area contributed by atoms with Crippen LogP contribution in [0.5, 0.6) is 0 Å². The van der Waals surface area contributed by atoms with Gasteiger partial charge in [-0.15, -0.1) is 0 Å². The zero-order valence-electron chi connectivity index (χ0n) is 18.7. The second-order valence-electron chi connectivity index (χ2n) is 7.99. The normalized spacial score (nSPS) is 19.5. The third kappa shape index (κ3) is 5.86. The summed E-state index contributed by atoms with van der Waals surface area (Å²) in [7, 11) is 1.70. The number of likely N-dealkylation sites (N-methyl/N-ethyl adjacent to an activating group) is 1. The number of ether oxygens (including phenoxy) is 1. The van der Waals surface area contributed by atoms with Crippen LogP contribution in [0.3, 0.4) is 0 Å². The number of amides is 3. The van der Waals surface area contributed by atoms with E-state index in [4.69, 9.17) is 4.74 Å². The topological polar surface area (TPSA) is 85.4 Å². The van der Waals surface area contributed by atoms with Crippen molar-refractivity contribution >= 4 is 29.3 Å². The summed E-state index contributed by atoms with van der Waals surface area (Å²) in [6.07, 6.45) is -1.19. The molecule has 3 rings (SSSR count). The van der Waals surface area contributed by atoms with Crippen LogP contribution in [0.25, 0.3) is 0 Å². The van der Waals surface area contributed by atoms with Crippen molar-refractivity contribution < 1.29 is 32.3 Å². The number of nitrogens with zero attached hydrogens (tertiary/aromatic N) is 4. The minimum atomic E-state index is -0.844. The first-order chi connectivity index (χ1) is 15.7. The first kappa shape index (κ1) is 24.6. The Morgan fingerprint density at radius 1 is 1.15 bits per heavy atom. The molecule has 0 bridgehead atoms. The molecule has 1 N–H and O–H groups in total. The fourth-order valence-electron chi connectivity index (χ4n) is 3.88. The van der Waals surface area contributed by atoms with Gasteiger partial charge < -0.3 is 15.0 Å². The summed E-state index contributed by atoms with van der Waals surface area (Å²) >= 11 is 0. The van der Waals surface area contributed by atoms with E-state index in [0.717, 1.165) is 17.0 Å². The lowest BCUT2D eigenvalue weighted by Crippen LogP contribution is -2.44. The SMILES string of the molecule is CC(=O)NC[C@H]1CN(c2cc(F)c(N3CCN(C)N(C(=O)CCCF)CC3)c(F)c2)C(=O)O1. The third-order valence-electron chi connectivity index (χ3n) is 5.58. The van der Waals surface area contributed by atoms with Gasteiger partial charge in [0.25, 0.3) is 0 Å². The van der Waals surface area contributed by atoms with Gasteiger partial charge in [0.05, 0.1) is 32.0 Å². The Bertz CT molecular complexity index is 880. The van der Waals surface area contributed by atoms with Crippen LogP contribution in [0.1, 0.15) is 19.8 Å². The summed E-state index contributed by atoms with van der Waals surface area (Å²) in [5, 5.41) is 5.67. The number of hydrogen-bond donors (Lipinski definition) is 1. The maximum Gasteiger partial charge on any atom is 0.414 e. The van der Waals surface area contributed by atoms with Crippen LogP contribution >= 0.6 is 0 Å². The Morgan fingerprint density at radius 2 is 1.82 bits per heavy atom. The van der Waals surface area contributed by atoms with Gasteiger partial charge in [-0.05, 0) is 6.42 Å². The van der Waals surface area contributed by atoms with Crippen molar-refractivity contribution in [2.45, 2.75) is 25.9 Å². The molecule has 0 aliphatic carbocycles. The molecule has 2 aliphatic rings. The second-order valence-corrected chi connectivity index (χ2v) is 7.99. The molecule has 1 aromatic carbocycles. The number of rotatable bonds is 7. The highest BCUT2D eigenvalue weighted by Gasteiger charge is 2.34. The average Bonchev–Trinajstić information content (AvgIpc) is 3.03. The maximum atomic E-state index is 15.0. The average molecular weight is 471 g/mol. The van der Waals surface area contributed by atoms with E-state index in [2.05, 4.69) is 5.32 Å². The number of benzene rings is 1. The van der Waals surface area contributed by atoms with E-state index >= 15 is 8.78 Å². The smallest absolute Gasteiger partial charge is 0.414 e. The number of halogens is 3. The van der Waals surface area contributed by atoms with Crippen LogP contribution in [-0.2, 0) is 14.3 Å². The number of hydrazine groups is 1. The number of anilines is 2. The zero-order valence-corrected chi connectivity index (χ0v) is 18.7. The van der Waals surface area contributed by atoms with Gasteiger partial charge in [0.2, 0.25) is 11.8 Å². The van der Waals surface area contributed by atoms with Gasteiger partial charge in [-0.1, -0.05) is 0 Å². The molecule has 2 fully saturated rings. The summed E-state index contributed by atoms with van der Waals surface area (Å²) in [6.45, 7) is 1.88. The molecule has 1 aromatic rings. The fourth-order valence-corrected chi connectivity index (χ4v) is 3.88. The van der Waals surface area contributed by atoms with Crippen molar-refractivity contribution in [1.82, 2.24) is 15.3 Å². The molecule has 0 unspecified atom stereocenters. The van der Waals surface area contributed by atoms with E-state index in [-0.39, 0.29) is 68.8 Å². The molecule has 0 radical (unpaired) electrons. The highest BCUT2D eigenvalue weighted by molar-refractivity contribution is 5.90. The van der Waals surface area contributed by atoms with E-state index in [0.29, 0.717) is 6.54 Å². The fraction of sp³-hybridized carbons (Fsp3) is 0.571. The van der Waals surface area contributed by atoms with Crippen molar-refractivity contribution in [2.75, 3.05) is 62.8 Å². The molecule has 12 heteroatoms. The van der Waals surface area contributed by atoms with E-state index in [1.54, 1.807) is 12.1 Å². The number of carbonyl (C=O) groups excluding carboxylic acids is 3. The molecule has 1 atom stereocenters. The molecule has 0 aromatic heterocycles. The minimum Gasteiger partial charge on any atom is -0.442 e. The van der Waals surface area contributed by atoms with Crippen LogP contribution in [-0.4, -0.2) is 87.0 Å². The van der Waals surface area contributed by atoms with Crippen molar-refractivity contribution in [2.24, 2.45) is 0 Å². The number of carbonyl (C=O) groups is 3. The number of nitrogens with one attached hydrogen (secondary N) is 1. The van der Waals surface area contributed by atoms with Gasteiger partial charge in [-0.2, -0.15) is 0 Å². The van der Waals surface area contributed by atoms with Crippen LogP contribution in [0, 0.1) is 11.6 Å². The Hall–Kier alpha value is -3.02. The van der Waals surface area contributed by atoms with Crippen LogP contribution < -0.4 is 15.1 Å². The monoisotopic (exact) mass is 471 g/mol. The highest BCUT2D eigenvalue weighted by atomic mass is 19.1. The lowest BCUT2D eigenvalue weighted by molar-refractivity contribution is -0.145. The van der Waals surface area contributed by atoms with Crippen molar-refractivity contribution in [3.8, 4) is 0 Å². The summed E-state index contributed by atoms with van der Waals surface area (Å²) < 4.78 is 47.6. The summed E-state index contributed by atoms with van der Waals surface area (Å²) in [4.78, 5) is 38.1.